The van der Waals surface area contributed by atoms with Crippen LogP contribution in [-0.4, -0.2) is 102 Å². The third-order valence-corrected chi connectivity index (χ3v) is 16.5. The summed E-state index contributed by atoms with van der Waals surface area (Å²) in [4.78, 5) is 99.3. The number of fused-ring (bicyclic) bond motifs is 2. The number of benzene rings is 4. The molecular weight excluding hydrogens is 999 g/mol. The van der Waals surface area contributed by atoms with E-state index in [2.05, 4.69) is 55.5 Å². The normalized spacial score (nSPS) is 21.9. The highest BCUT2D eigenvalue weighted by atomic mass is 16.5. The Morgan fingerprint density at radius 2 is 1.20 bits per heavy atom. The summed E-state index contributed by atoms with van der Waals surface area (Å²) >= 11 is 0. The predicted molar refractivity (Wildman–Crippen MR) is 302 cm³/mol. The Balaban J connectivity index is 0.892. The van der Waals surface area contributed by atoms with Crippen LogP contribution in [0.1, 0.15) is 148 Å². The second-order valence-corrected chi connectivity index (χ2v) is 23.1. The molecule has 0 radical (unpaired) electrons. The summed E-state index contributed by atoms with van der Waals surface area (Å²) < 4.78 is 6.16. The van der Waals surface area contributed by atoms with Crippen LogP contribution in [0.4, 0.5) is 0 Å². The van der Waals surface area contributed by atoms with Gasteiger partial charge in [0.15, 0.2) is 0 Å². The molecule has 4 unspecified atom stereocenters. The average molecular weight is 1080 g/mol. The maximum atomic E-state index is 14.6. The highest BCUT2D eigenvalue weighted by molar-refractivity contribution is 5.96. The van der Waals surface area contributed by atoms with E-state index in [1.807, 2.05) is 63.2 Å². The fourth-order valence-electron chi connectivity index (χ4n) is 11.5. The monoisotopic (exact) mass is 1080 g/mol. The van der Waals surface area contributed by atoms with Crippen LogP contribution in [0.3, 0.4) is 0 Å². The molecular formula is C62H81N9O8. The Bertz CT molecular complexity index is 2820. The molecule has 0 bridgehead atoms. The van der Waals surface area contributed by atoms with E-state index < -0.39 is 53.4 Å². The fourth-order valence-corrected chi connectivity index (χ4v) is 11.5. The Morgan fingerprint density at radius 1 is 0.646 bits per heavy atom. The van der Waals surface area contributed by atoms with Crippen LogP contribution in [0.5, 0.6) is 5.75 Å². The second-order valence-electron chi connectivity index (χ2n) is 23.1. The first-order valence-corrected chi connectivity index (χ1v) is 28.4. The lowest BCUT2D eigenvalue weighted by Crippen LogP contribution is -2.59. The van der Waals surface area contributed by atoms with Crippen LogP contribution in [0.15, 0.2) is 97.1 Å². The quantitative estimate of drug-likeness (QED) is 0.0555. The smallest absolute Gasteiger partial charge is 0.255 e. The first-order valence-electron chi connectivity index (χ1n) is 28.4. The topological polar surface area (TPSA) is 219 Å². The Morgan fingerprint density at radius 3 is 1.80 bits per heavy atom. The Kier molecular flexibility index (Phi) is 19.3. The molecule has 9 atom stereocenters. The largest absolute Gasteiger partial charge is 0.489 e. The number of hydrazine groups is 1. The molecule has 1 saturated carbocycles. The zero-order valence-electron chi connectivity index (χ0n) is 47.0. The molecule has 7 amide bonds. The van der Waals surface area contributed by atoms with E-state index in [0.29, 0.717) is 24.2 Å². The van der Waals surface area contributed by atoms with Crippen molar-refractivity contribution in [2.45, 2.75) is 161 Å². The number of likely N-dealkylation sites (N-methyl/N-ethyl adjacent to an activating group) is 2. The van der Waals surface area contributed by atoms with Crippen molar-refractivity contribution >= 4 is 41.4 Å². The number of likely N-dealkylation sites (tertiary alicyclic amines) is 1. The van der Waals surface area contributed by atoms with Gasteiger partial charge in [0.25, 0.3) is 11.8 Å². The SMILES string of the molecule is CNC(C)C(=O)NC(C(=O)N1C[C@@H](NC(=O)c2ccc(COc3ccc(CN(NC(=O)C(C)NC)C(=O)[C@H]4CCCC[C@H]4C(=O)N[C@@H]4CCCc5ccccc54)cc3)cc2)CC1C(=O)N[C@@H]1CCCc2ccccc21)C(C)(C)C. The van der Waals surface area contributed by atoms with Gasteiger partial charge in [-0.2, -0.15) is 0 Å². The van der Waals surface area contributed by atoms with Crippen molar-refractivity contribution in [1.29, 1.82) is 0 Å². The molecule has 1 saturated heterocycles. The minimum Gasteiger partial charge on any atom is -0.489 e. The second kappa shape index (κ2) is 26.2. The Hall–Kier alpha value is -7.11. The number of aryl methyl sites for hydroxylation is 2. The van der Waals surface area contributed by atoms with E-state index in [9.17, 15) is 33.6 Å². The highest BCUT2D eigenvalue weighted by Gasteiger charge is 2.46. The summed E-state index contributed by atoms with van der Waals surface area (Å²) in [6.07, 6.45) is 8.40. The number of rotatable bonds is 18. The number of nitrogens with one attached hydrogen (secondary N) is 7. The zero-order valence-corrected chi connectivity index (χ0v) is 47.0. The van der Waals surface area contributed by atoms with Crippen molar-refractivity contribution in [1.82, 2.24) is 47.2 Å². The zero-order chi connectivity index (χ0) is 56.4. The van der Waals surface area contributed by atoms with Crippen LogP contribution in [0.25, 0.3) is 0 Å². The van der Waals surface area contributed by atoms with Crippen LogP contribution in [0.2, 0.25) is 0 Å². The van der Waals surface area contributed by atoms with Gasteiger partial charge in [0.1, 0.15) is 24.4 Å². The highest BCUT2D eigenvalue weighted by Crippen LogP contribution is 2.36. The third-order valence-electron chi connectivity index (χ3n) is 16.5. The number of ether oxygens (including phenoxy) is 1. The van der Waals surface area contributed by atoms with Gasteiger partial charge in [-0.3, -0.25) is 39.0 Å². The third kappa shape index (κ3) is 14.4. The number of nitrogens with zero attached hydrogens (tertiary/aromatic N) is 2. The lowest BCUT2D eigenvalue weighted by atomic mass is 9.77. The molecule has 422 valence electrons. The van der Waals surface area contributed by atoms with Gasteiger partial charge in [0.05, 0.1) is 36.6 Å². The van der Waals surface area contributed by atoms with Crippen LogP contribution < -0.4 is 42.1 Å². The molecule has 1 aliphatic heterocycles. The van der Waals surface area contributed by atoms with Crippen molar-refractivity contribution in [3.05, 3.63) is 136 Å². The van der Waals surface area contributed by atoms with Gasteiger partial charge >= 0.3 is 0 Å². The molecule has 3 aliphatic carbocycles. The minimum atomic E-state index is -0.941. The van der Waals surface area contributed by atoms with E-state index in [1.54, 1.807) is 64.3 Å². The van der Waals surface area contributed by atoms with Gasteiger partial charge in [0.2, 0.25) is 29.5 Å². The summed E-state index contributed by atoms with van der Waals surface area (Å²) in [5, 5.41) is 19.8. The summed E-state index contributed by atoms with van der Waals surface area (Å²) in [6.45, 7) is 9.40. The molecule has 17 nitrogen and oxygen atoms in total. The van der Waals surface area contributed by atoms with Gasteiger partial charge in [0, 0.05) is 24.1 Å². The summed E-state index contributed by atoms with van der Waals surface area (Å²) in [6, 6.07) is 26.8. The number of amides is 7. The molecule has 4 aromatic rings. The van der Waals surface area contributed by atoms with Crippen LogP contribution in [-0.2, 0) is 54.8 Å². The predicted octanol–water partition coefficient (Wildman–Crippen LogP) is 6.27. The Labute approximate surface area is 465 Å². The molecule has 8 rings (SSSR count). The summed E-state index contributed by atoms with van der Waals surface area (Å²) in [7, 11) is 3.35. The maximum absolute atomic E-state index is 14.6. The number of carbonyl (C=O) groups is 7. The van der Waals surface area contributed by atoms with Crippen molar-refractivity contribution in [2.75, 3.05) is 20.6 Å². The lowest BCUT2D eigenvalue weighted by Gasteiger charge is -2.36. The molecule has 79 heavy (non-hydrogen) atoms. The van der Waals surface area contributed by atoms with Crippen LogP contribution >= 0.6 is 0 Å². The first kappa shape index (κ1) is 58.0. The maximum Gasteiger partial charge on any atom is 0.255 e. The standard InChI is InChI=1S/C62H81N9O8/c1-38(63-6)55(72)68-54(62(3,4)5)61(78)70-36-45(34-53(70)59(76)67-52-25-15-19-43-17-9-11-21-48(43)52)65-57(74)44-30-26-41(27-31-44)37-79-46-32-28-40(29-33-46)35-71(69-56(73)39(2)64-7)60(77)50-23-13-12-22-49(50)58(75)66-51-24-14-18-42-16-8-10-20-47(42)51/h8-11,16-17,20-21,26-33,38-39,45,49-54,63-64H,12-15,18-19,22-25,34-37H2,1-7H3,(H,65,74)(H,66,75)(H,67,76)(H,68,72)(H,69,73)/t38?,39?,45-,49+,50-,51+,52+,53?,54?/m0/s1. The van der Waals surface area contributed by atoms with Crippen LogP contribution in [0, 0.1) is 17.3 Å². The lowest BCUT2D eigenvalue weighted by molar-refractivity contribution is -0.151. The number of hydrogen-bond acceptors (Lipinski definition) is 10. The van der Waals surface area contributed by atoms with Gasteiger partial charge in [-0.25, -0.2) is 5.01 Å². The van der Waals surface area contributed by atoms with Gasteiger partial charge < -0.3 is 41.5 Å². The van der Waals surface area contributed by atoms with E-state index >= 15 is 0 Å². The summed E-state index contributed by atoms with van der Waals surface area (Å²) in [5.74, 6) is -2.72. The molecule has 17 heteroatoms. The molecule has 0 aromatic heterocycles. The average Bonchev–Trinajstić information content (AvgIpc) is 3.94. The molecule has 4 aliphatic rings. The fraction of sp³-hybridized carbons (Fsp3) is 0.500. The minimum absolute atomic E-state index is 0.0768. The number of carbonyl (C=O) groups excluding carboxylic acids is 7. The number of hydrogen-bond donors (Lipinski definition) is 7. The van der Waals surface area contributed by atoms with Crippen molar-refractivity contribution < 1.29 is 38.3 Å². The molecule has 2 fully saturated rings. The first-order chi connectivity index (χ1) is 37.9. The van der Waals surface area contributed by atoms with Gasteiger partial charge in [-0.15, -0.1) is 0 Å². The van der Waals surface area contributed by atoms with E-state index in [1.165, 1.54) is 21.0 Å². The van der Waals surface area contributed by atoms with Crippen molar-refractivity contribution in [3.63, 3.8) is 0 Å². The molecule has 4 aromatic carbocycles. The van der Waals surface area contributed by atoms with E-state index in [0.717, 1.165) is 73.6 Å². The van der Waals surface area contributed by atoms with Crippen molar-refractivity contribution in [3.8, 4) is 5.75 Å². The van der Waals surface area contributed by atoms with E-state index in [4.69, 9.17) is 4.74 Å². The molecule has 0 spiro atoms. The summed E-state index contributed by atoms with van der Waals surface area (Å²) in [5.41, 5.74) is 8.75. The van der Waals surface area contributed by atoms with Gasteiger partial charge in [-0.1, -0.05) is 106 Å². The molecule has 1 heterocycles. The van der Waals surface area contributed by atoms with E-state index in [-0.39, 0.29) is 73.6 Å². The van der Waals surface area contributed by atoms with Gasteiger partial charge in [-0.05, 0) is 149 Å². The molecule has 7 N–H and O–H groups in total. The van der Waals surface area contributed by atoms with Crippen molar-refractivity contribution in [2.24, 2.45) is 17.3 Å².